The summed E-state index contributed by atoms with van der Waals surface area (Å²) < 4.78 is 5.93. The van der Waals surface area contributed by atoms with Crippen LogP contribution in [0, 0.1) is 13.8 Å². The number of benzene rings is 2. The summed E-state index contributed by atoms with van der Waals surface area (Å²) in [5.74, 6) is 0.624. The lowest BCUT2D eigenvalue weighted by Gasteiger charge is -2.27. The summed E-state index contributed by atoms with van der Waals surface area (Å²) >= 11 is 0. The van der Waals surface area contributed by atoms with Gasteiger partial charge >= 0.3 is 0 Å². The summed E-state index contributed by atoms with van der Waals surface area (Å²) in [7, 11) is 0. The monoisotopic (exact) mass is 367 g/mol. The Morgan fingerprint density at radius 2 is 1.52 bits per heavy atom. The highest BCUT2D eigenvalue weighted by atomic mass is 16.5. The van der Waals surface area contributed by atoms with Gasteiger partial charge in [-0.25, -0.2) is 0 Å². The lowest BCUT2D eigenvalue weighted by atomic mass is 9.80. The number of aryl methyl sites for hydroxylation is 2. The van der Waals surface area contributed by atoms with Crippen LogP contribution in [0.3, 0.4) is 0 Å². The van der Waals surface area contributed by atoms with Gasteiger partial charge in [-0.2, -0.15) is 0 Å². The van der Waals surface area contributed by atoms with Gasteiger partial charge in [0.2, 0.25) is 0 Å². The molecule has 0 unspecified atom stereocenters. The molecule has 2 aromatic carbocycles. The van der Waals surface area contributed by atoms with E-state index in [2.05, 4.69) is 59.0 Å². The van der Waals surface area contributed by atoms with Crippen LogP contribution in [0.15, 0.2) is 36.4 Å². The Hall–Kier alpha value is -2.29. The molecule has 0 aromatic heterocycles. The number of rotatable bonds is 4. The molecule has 0 aliphatic rings. The van der Waals surface area contributed by atoms with E-state index in [1.165, 1.54) is 5.56 Å². The SMILES string of the molecule is Cc1cccc(C)c1NC(=O)COc1ccc(C(C)(C)C)cc1C(C)(C)C. The summed E-state index contributed by atoms with van der Waals surface area (Å²) in [4.78, 5) is 12.4. The zero-order valence-electron chi connectivity index (χ0n) is 18.0. The van der Waals surface area contributed by atoms with Gasteiger partial charge in [0.15, 0.2) is 6.61 Å². The Morgan fingerprint density at radius 3 is 2.04 bits per heavy atom. The summed E-state index contributed by atoms with van der Waals surface area (Å²) in [5.41, 5.74) is 5.35. The summed E-state index contributed by atoms with van der Waals surface area (Å²) in [6, 6.07) is 12.3. The summed E-state index contributed by atoms with van der Waals surface area (Å²) in [6.45, 7) is 17.1. The van der Waals surface area contributed by atoms with Crippen LogP contribution in [0.1, 0.15) is 63.8 Å². The van der Waals surface area contributed by atoms with E-state index in [0.29, 0.717) is 0 Å². The van der Waals surface area contributed by atoms with Crippen molar-refractivity contribution in [3.63, 3.8) is 0 Å². The first kappa shape index (κ1) is 21.0. The van der Waals surface area contributed by atoms with Crippen LogP contribution in [0.4, 0.5) is 5.69 Å². The second-order valence-corrected chi connectivity index (χ2v) is 9.31. The molecule has 0 atom stereocenters. The highest BCUT2D eigenvalue weighted by molar-refractivity contribution is 5.93. The van der Waals surface area contributed by atoms with E-state index < -0.39 is 0 Å². The van der Waals surface area contributed by atoms with Gasteiger partial charge in [0, 0.05) is 5.69 Å². The zero-order valence-corrected chi connectivity index (χ0v) is 18.0. The Balaban J connectivity index is 2.18. The number of hydrogen-bond acceptors (Lipinski definition) is 2. The largest absolute Gasteiger partial charge is 0.483 e. The molecule has 3 nitrogen and oxygen atoms in total. The van der Waals surface area contributed by atoms with E-state index in [1.54, 1.807) is 0 Å². The van der Waals surface area contributed by atoms with Crippen molar-refractivity contribution in [1.82, 2.24) is 0 Å². The number of anilines is 1. The van der Waals surface area contributed by atoms with Gasteiger partial charge in [0.1, 0.15) is 5.75 Å². The minimum Gasteiger partial charge on any atom is -0.483 e. The highest BCUT2D eigenvalue weighted by Gasteiger charge is 2.23. The van der Waals surface area contributed by atoms with E-state index in [9.17, 15) is 4.79 Å². The molecule has 0 saturated carbocycles. The van der Waals surface area contributed by atoms with Gasteiger partial charge in [-0.1, -0.05) is 71.9 Å². The van der Waals surface area contributed by atoms with Gasteiger partial charge in [0.05, 0.1) is 0 Å². The van der Waals surface area contributed by atoms with Crippen molar-refractivity contribution < 1.29 is 9.53 Å². The molecular weight excluding hydrogens is 334 g/mol. The van der Waals surface area contributed by atoms with Gasteiger partial charge in [-0.05, 0) is 53.0 Å². The second-order valence-electron chi connectivity index (χ2n) is 9.31. The first-order chi connectivity index (χ1) is 12.4. The predicted octanol–water partition coefficient (Wildman–Crippen LogP) is 5.92. The van der Waals surface area contributed by atoms with E-state index in [4.69, 9.17) is 4.74 Å². The van der Waals surface area contributed by atoms with Crippen LogP contribution < -0.4 is 10.1 Å². The molecule has 0 aliphatic carbocycles. The van der Waals surface area contributed by atoms with Gasteiger partial charge in [0.25, 0.3) is 5.91 Å². The number of ether oxygens (including phenoxy) is 1. The molecular formula is C24H33NO2. The molecule has 0 fully saturated rings. The molecule has 3 heteroatoms. The normalized spacial score (nSPS) is 12.0. The topological polar surface area (TPSA) is 38.3 Å². The summed E-state index contributed by atoms with van der Waals surface area (Å²) in [6.07, 6.45) is 0. The third-order valence-electron chi connectivity index (χ3n) is 4.76. The van der Waals surface area contributed by atoms with E-state index >= 15 is 0 Å². The number of carbonyl (C=O) groups excluding carboxylic acids is 1. The first-order valence-electron chi connectivity index (χ1n) is 9.53. The molecule has 0 bridgehead atoms. The minimum atomic E-state index is -0.146. The Labute approximate surface area is 164 Å². The van der Waals surface area contributed by atoms with Crippen LogP contribution in [-0.4, -0.2) is 12.5 Å². The fraction of sp³-hybridized carbons (Fsp3) is 0.458. The molecule has 0 spiro atoms. The van der Waals surface area contributed by atoms with E-state index in [0.717, 1.165) is 28.1 Å². The molecule has 0 radical (unpaired) electrons. The van der Waals surface area contributed by atoms with Crippen molar-refractivity contribution >= 4 is 11.6 Å². The third kappa shape index (κ3) is 5.35. The average Bonchev–Trinajstić information content (AvgIpc) is 2.54. The third-order valence-corrected chi connectivity index (χ3v) is 4.76. The van der Waals surface area contributed by atoms with Crippen LogP contribution in [-0.2, 0) is 15.6 Å². The molecule has 1 N–H and O–H groups in total. The number of carbonyl (C=O) groups is 1. The number of amides is 1. The predicted molar refractivity (Wildman–Crippen MR) is 114 cm³/mol. The Morgan fingerprint density at radius 1 is 0.926 bits per heavy atom. The van der Waals surface area contributed by atoms with Crippen molar-refractivity contribution in [3.05, 3.63) is 58.7 Å². The average molecular weight is 368 g/mol. The van der Waals surface area contributed by atoms with Crippen molar-refractivity contribution in [2.45, 2.75) is 66.2 Å². The van der Waals surface area contributed by atoms with Gasteiger partial charge in [-0.15, -0.1) is 0 Å². The van der Waals surface area contributed by atoms with Gasteiger partial charge < -0.3 is 10.1 Å². The first-order valence-corrected chi connectivity index (χ1v) is 9.53. The molecule has 146 valence electrons. The number of para-hydroxylation sites is 1. The molecule has 0 aliphatic heterocycles. The zero-order chi connectivity index (χ0) is 20.4. The molecule has 0 saturated heterocycles. The highest BCUT2D eigenvalue weighted by Crippen LogP contribution is 2.35. The van der Waals surface area contributed by atoms with Crippen molar-refractivity contribution in [2.24, 2.45) is 0 Å². The maximum atomic E-state index is 12.4. The Kier molecular flexibility index (Phi) is 6.04. The van der Waals surface area contributed by atoms with Crippen molar-refractivity contribution in [2.75, 3.05) is 11.9 Å². The molecule has 1 amide bonds. The van der Waals surface area contributed by atoms with Crippen molar-refractivity contribution in [3.8, 4) is 5.75 Å². The van der Waals surface area contributed by atoms with E-state index in [1.807, 2.05) is 38.1 Å². The summed E-state index contributed by atoms with van der Waals surface area (Å²) in [5, 5.41) is 2.98. The van der Waals surface area contributed by atoms with Crippen LogP contribution in [0.2, 0.25) is 0 Å². The standard InChI is InChI=1S/C24H33NO2/c1-16-10-9-11-17(2)22(16)25-21(26)15-27-20-13-12-18(23(3,4)5)14-19(20)24(6,7)8/h9-14H,15H2,1-8H3,(H,25,26). The fourth-order valence-corrected chi connectivity index (χ4v) is 3.04. The lowest BCUT2D eigenvalue weighted by molar-refractivity contribution is -0.118. The smallest absolute Gasteiger partial charge is 0.262 e. The fourth-order valence-electron chi connectivity index (χ4n) is 3.04. The molecule has 2 rings (SSSR count). The molecule has 27 heavy (non-hydrogen) atoms. The lowest BCUT2D eigenvalue weighted by Crippen LogP contribution is -2.23. The van der Waals surface area contributed by atoms with Crippen LogP contribution in [0.5, 0.6) is 5.75 Å². The Bertz CT molecular complexity index is 803. The van der Waals surface area contributed by atoms with Crippen LogP contribution >= 0.6 is 0 Å². The maximum Gasteiger partial charge on any atom is 0.262 e. The number of hydrogen-bond donors (Lipinski definition) is 1. The second kappa shape index (κ2) is 7.75. The molecule has 0 heterocycles. The quantitative estimate of drug-likeness (QED) is 0.729. The van der Waals surface area contributed by atoms with Crippen molar-refractivity contribution in [1.29, 1.82) is 0 Å². The number of nitrogens with one attached hydrogen (secondary N) is 1. The maximum absolute atomic E-state index is 12.4. The minimum absolute atomic E-state index is 0.00822. The molecule has 2 aromatic rings. The van der Waals surface area contributed by atoms with Crippen LogP contribution in [0.25, 0.3) is 0 Å². The van der Waals surface area contributed by atoms with Gasteiger partial charge in [-0.3, -0.25) is 4.79 Å². The van der Waals surface area contributed by atoms with E-state index in [-0.39, 0.29) is 23.3 Å².